The van der Waals surface area contributed by atoms with Crippen LogP contribution in [0.1, 0.15) is 36.9 Å². The molecule has 3 heterocycles. The van der Waals surface area contributed by atoms with Crippen LogP contribution in [0.4, 0.5) is 0 Å². The molecular formula is C12H18IN3O. The Morgan fingerprint density at radius 2 is 2.18 bits per heavy atom. The number of hydrogen-bond donors (Lipinski definition) is 1. The van der Waals surface area contributed by atoms with E-state index in [9.17, 15) is 0 Å². The lowest BCUT2D eigenvalue weighted by atomic mass is 9.94. The zero-order chi connectivity index (χ0) is 11.7. The first-order valence-corrected chi connectivity index (χ1v) is 7.46. The summed E-state index contributed by atoms with van der Waals surface area (Å²) in [5.74, 6) is 0.674. The third-order valence-electron chi connectivity index (χ3n) is 3.74. The maximum absolute atomic E-state index is 5.49. The summed E-state index contributed by atoms with van der Waals surface area (Å²) < 4.78 is 8.84. The van der Waals surface area contributed by atoms with Crippen LogP contribution in [0.2, 0.25) is 0 Å². The van der Waals surface area contributed by atoms with Gasteiger partial charge in [-0.2, -0.15) is 5.10 Å². The summed E-state index contributed by atoms with van der Waals surface area (Å²) in [5.41, 5.74) is 1.42. The zero-order valence-corrected chi connectivity index (χ0v) is 12.0. The summed E-state index contributed by atoms with van der Waals surface area (Å²) in [4.78, 5) is 0. The van der Waals surface area contributed by atoms with Gasteiger partial charge in [0.05, 0.1) is 12.6 Å². The number of ether oxygens (including phenoxy) is 1. The topological polar surface area (TPSA) is 39.1 Å². The molecule has 0 aromatic carbocycles. The number of hydrogen-bond acceptors (Lipinski definition) is 3. The van der Waals surface area contributed by atoms with Crippen LogP contribution >= 0.6 is 22.6 Å². The van der Waals surface area contributed by atoms with Gasteiger partial charge in [0.15, 0.2) is 0 Å². The number of nitrogens with one attached hydrogen (secondary N) is 1. The van der Waals surface area contributed by atoms with E-state index in [0.717, 1.165) is 36.4 Å². The van der Waals surface area contributed by atoms with Crippen molar-refractivity contribution in [1.29, 1.82) is 0 Å². The van der Waals surface area contributed by atoms with Crippen molar-refractivity contribution in [3.8, 4) is 0 Å². The van der Waals surface area contributed by atoms with Crippen LogP contribution in [0.3, 0.4) is 0 Å². The Bertz CT molecular complexity index is 381. The molecule has 1 unspecified atom stereocenters. The normalized spacial score (nSPS) is 26.5. The maximum atomic E-state index is 5.49. The van der Waals surface area contributed by atoms with Gasteiger partial charge < -0.3 is 10.1 Å². The van der Waals surface area contributed by atoms with Crippen molar-refractivity contribution in [2.75, 3.05) is 26.3 Å². The van der Waals surface area contributed by atoms with Crippen LogP contribution in [-0.4, -0.2) is 36.1 Å². The van der Waals surface area contributed by atoms with Gasteiger partial charge in [0, 0.05) is 18.2 Å². The Morgan fingerprint density at radius 1 is 1.35 bits per heavy atom. The first-order chi connectivity index (χ1) is 8.34. The van der Waals surface area contributed by atoms with Crippen LogP contribution in [0, 0.1) is 3.70 Å². The van der Waals surface area contributed by atoms with Gasteiger partial charge in [-0.15, -0.1) is 0 Å². The Kier molecular flexibility index (Phi) is 3.67. The number of aromatic nitrogens is 2. The average Bonchev–Trinajstić information content (AvgIpc) is 2.98. The summed E-state index contributed by atoms with van der Waals surface area (Å²) in [6, 6.07) is 2.72. The monoisotopic (exact) mass is 347 g/mol. The van der Waals surface area contributed by atoms with Crippen molar-refractivity contribution < 1.29 is 4.74 Å². The van der Waals surface area contributed by atoms with E-state index in [4.69, 9.17) is 4.74 Å². The van der Waals surface area contributed by atoms with Crippen LogP contribution in [0.25, 0.3) is 0 Å². The molecular weight excluding hydrogens is 329 g/mol. The molecule has 2 fully saturated rings. The highest BCUT2D eigenvalue weighted by Crippen LogP contribution is 2.30. The summed E-state index contributed by atoms with van der Waals surface area (Å²) in [7, 11) is 0. The van der Waals surface area contributed by atoms with Gasteiger partial charge in [-0.25, -0.2) is 0 Å². The van der Waals surface area contributed by atoms with Crippen molar-refractivity contribution >= 4 is 22.6 Å². The lowest BCUT2D eigenvalue weighted by Crippen LogP contribution is -2.28. The van der Waals surface area contributed by atoms with E-state index in [2.05, 4.69) is 43.8 Å². The smallest absolute Gasteiger partial charge is 0.123 e. The SMILES string of the molecule is Ic1cc(C2CCNCC2)n(C2CCOC2)n1. The fourth-order valence-corrected chi connectivity index (χ4v) is 3.36. The largest absolute Gasteiger partial charge is 0.379 e. The van der Waals surface area contributed by atoms with Crippen molar-refractivity contribution in [1.82, 2.24) is 15.1 Å². The molecule has 17 heavy (non-hydrogen) atoms. The van der Waals surface area contributed by atoms with Crippen LogP contribution in [0.5, 0.6) is 0 Å². The molecule has 2 aliphatic rings. The first kappa shape index (κ1) is 11.9. The molecule has 0 spiro atoms. The van der Waals surface area contributed by atoms with E-state index < -0.39 is 0 Å². The van der Waals surface area contributed by atoms with Gasteiger partial charge in [0.1, 0.15) is 3.70 Å². The Balaban J connectivity index is 1.86. The van der Waals surface area contributed by atoms with Crippen LogP contribution < -0.4 is 5.32 Å². The Morgan fingerprint density at radius 3 is 2.88 bits per heavy atom. The summed E-state index contributed by atoms with van der Waals surface area (Å²) >= 11 is 2.32. The summed E-state index contributed by atoms with van der Waals surface area (Å²) in [6.07, 6.45) is 3.57. The zero-order valence-electron chi connectivity index (χ0n) is 9.86. The molecule has 94 valence electrons. The summed E-state index contributed by atoms with van der Waals surface area (Å²) in [5, 5.41) is 8.09. The Hall–Kier alpha value is -0.140. The minimum absolute atomic E-state index is 0.461. The van der Waals surface area contributed by atoms with Crippen molar-refractivity contribution in [2.24, 2.45) is 0 Å². The average molecular weight is 347 g/mol. The van der Waals surface area contributed by atoms with E-state index in [1.165, 1.54) is 18.5 Å². The minimum Gasteiger partial charge on any atom is -0.379 e. The second-order valence-electron chi connectivity index (χ2n) is 4.88. The molecule has 0 amide bonds. The van der Waals surface area contributed by atoms with Gasteiger partial charge in [0.25, 0.3) is 0 Å². The maximum Gasteiger partial charge on any atom is 0.123 e. The molecule has 2 aliphatic heterocycles. The molecule has 0 saturated carbocycles. The minimum atomic E-state index is 0.461. The third kappa shape index (κ3) is 2.51. The highest BCUT2D eigenvalue weighted by molar-refractivity contribution is 14.1. The van der Waals surface area contributed by atoms with Crippen LogP contribution in [0.15, 0.2) is 6.07 Å². The van der Waals surface area contributed by atoms with Crippen molar-refractivity contribution in [3.05, 3.63) is 15.5 Å². The number of nitrogens with zero attached hydrogens (tertiary/aromatic N) is 2. The first-order valence-electron chi connectivity index (χ1n) is 6.38. The van der Waals surface area contributed by atoms with Crippen LogP contribution in [-0.2, 0) is 4.74 Å². The van der Waals surface area contributed by atoms with Crippen molar-refractivity contribution in [3.63, 3.8) is 0 Å². The Labute approximate surface area is 115 Å². The van der Waals surface area contributed by atoms with Gasteiger partial charge in [-0.05, 0) is 61.0 Å². The lowest BCUT2D eigenvalue weighted by molar-refractivity contribution is 0.183. The second kappa shape index (κ2) is 5.24. The molecule has 2 saturated heterocycles. The third-order valence-corrected chi connectivity index (χ3v) is 4.27. The number of rotatable bonds is 2. The second-order valence-corrected chi connectivity index (χ2v) is 5.98. The molecule has 3 rings (SSSR count). The standard InChI is InChI=1S/C12H18IN3O/c13-12-7-11(9-1-4-14-5-2-9)16(15-12)10-3-6-17-8-10/h7,9-10,14H,1-6,8H2. The molecule has 0 radical (unpaired) electrons. The quantitative estimate of drug-likeness (QED) is 0.831. The molecule has 1 atom stereocenters. The van der Waals surface area contributed by atoms with E-state index in [1.54, 1.807) is 0 Å². The molecule has 5 heteroatoms. The van der Waals surface area contributed by atoms with Gasteiger partial charge >= 0.3 is 0 Å². The predicted octanol–water partition coefficient (Wildman–Crippen LogP) is 1.92. The number of halogens is 1. The summed E-state index contributed by atoms with van der Waals surface area (Å²) in [6.45, 7) is 3.98. The fraction of sp³-hybridized carbons (Fsp3) is 0.750. The van der Waals surface area contributed by atoms with Gasteiger partial charge in [-0.1, -0.05) is 0 Å². The van der Waals surface area contributed by atoms with Gasteiger partial charge in [0.2, 0.25) is 0 Å². The van der Waals surface area contributed by atoms with E-state index >= 15 is 0 Å². The highest BCUT2D eigenvalue weighted by atomic mass is 127. The van der Waals surface area contributed by atoms with E-state index in [1.807, 2.05) is 0 Å². The molecule has 1 aromatic rings. The number of piperidine rings is 1. The fourth-order valence-electron chi connectivity index (χ4n) is 2.81. The molecule has 4 nitrogen and oxygen atoms in total. The molecule has 1 N–H and O–H groups in total. The van der Waals surface area contributed by atoms with E-state index in [-0.39, 0.29) is 0 Å². The molecule has 0 aliphatic carbocycles. The van der Waals surface area contributed by atoms with E-state index in [0.29, 0.717) is 12.0 Å². The molecule has 1 aromatic heterocycles. The van der Waals surface area contributed by atoms with Crippen molar-refractivity contribution in [2.45, 2.75) is 31.2 Å². The van der Waals surface area contributed by atoms with Gasteiger partial charge in [-0.3, -0.25) is 4.68 Å². The predicted molar refractivity (Wildman–Crippen MR) is 74.3 cm³/mol. The lowest BCUT2D eigenvalue weighted by Gasteiger charge is -2.24. The highest BCUT2D eigenvalue weighted by Gasteiger charge is 2.26. The molecule has 0 bridgehead atoms.